The number of halogens is 1. The molecular formula is C34H26ClN3O6. The Morgan fingerprint density at radius 2 is 1.73 bits per heavy atom. The van der Waals surface area contributed by atoms with Gasteiger partial charge in [-0.3, -0.25) is 10.1 Å². The van der Waals surface area contributed by atoms with Gasteiger partial charge in [0.1, 0.15) is 0 Å². The molecule has 9 nitrogen and oxygen atoms in total. The van der Waals surface area contributed by atoms with Crippen molar-refractivity contribution in [1.29, 1.82) is 0 Å². The number of aryl methyl sites for hydroxylation is 2. The Balaban J connectivity index is 0.00000312. The SMILES string of the molecule is COc1ccc2c(-c3cccc(-c4cc5cc([N+](=O)[O-])ccc5[nH]4)c3)c3[n+](cc2c1OC)CCc1cc2c(cc1-3)OCO2.[Cl-]. The van der Waals surface area contributed by atoms with E-state index in [0.29, 0.717) is 11.5 Å². The number of rotatable bonds is 5. The molecule has 0 saturated carbocycles. The van der Waals surface area contributed by atoms with E-state index in [1.165, 1.54) is 11.6 Å². The first-order valence-corrected chi connectivity index (χ1v) is 13.9. The molecule has 0 atom stereocenters. The molecule has 2 aliphatic heterocycles. The fourth-order valence-electron chi connectivity index (χ4n) is 6.43. The van der Waals surface area contributed by atoms with Crippen LogP contribution in [0, 0.1) is 10.1 Å². The molecule has 44 heavy (non-hydrogen) atoms. The maximum absolute atomic E-state index is 11.3. The molecule has 0 radical (unpaired) electrons. The van der Waals surface area contributed by atoms with Gasteiger partial charge in [0.25, 0.3) is 5.69 Å². The molecule has 2 aliphatic rings. The quantitative estimate of drug-likeness (QED) is 0.182. The number of benzene rings is 4. The number of nitro benzene ring substituents is 1. The van der Waals surface area contributed by atoms with Crippen LogP contribution in [0.4, 0.5) is 5.69 Å². The monoisotopic (exact) mass is 607 g/mol. The lowest BCUT2D eigenvalue weighted by atomic mass is 9.87. The number of aromatic amines is 1. The van der Waals surface area contributed by atoms with Gasteiger partial charge in [0.05, 0.1) is 35.7 Å². The van der Waals surface area contributed by atoms with Crippen molar-refractivity contribution in [3.8, 4) is 56.6 Å². The van der Waals surface area contributed by atoms with Crippen LogP contribution in [-0.4, -0.2) is 30.9 Å². The molecule has 0 saturated heterocycles. The summed E-state index contributed by atoms with van der Waals surface area (Å²) in [7, 11) is 3.31. The van der Waals surface area contributed by atoms with E-state index in [1.807, 2.05) is 24.3 Å². The minimum atomic E-state index is -0.373. The summed E-state index contributed by atoms with van der Waals surface area (Å²) in [6, 6.07) is 23.4. The molecule has 0 fully saturated rings. The average Bonchev–Trinajstić information content (AvgIpc) is 3.68. The van der Waals surface area contributed by atoms with Crippen molar-refractivity contribution >= 4 is 27.4 Å². The van der Waals surface area contributed by atoms with Gasteiger partial charge in [-0.15, -0.1) is 0 Å². The van der Waals surface area contributed by atoms with E-state index in [1.54, 1.807) is 26.4 Å². The molecule has 1 N–H and O–H groups in total. The van der Waals surface area contributed by atoms with E-state index in [0.717, 1.165) is 79.8 Å². The van der Waals surface area contributed by atoms with Crippen LogP contribution in [0.2, 0.25) is 0 Å². The third kappa shape index (κ3) is 4.19. The first kappa shape index (κ1) is 27.5. The van der Waals surface area contributed by atoms with Gasteiger partial charge in [-0.2, -0.15) is 4.57 Å². The Morgan fingerprint density at radius 1 is 0.909 bits per heavy atom. The molecule has 220 valence electrons. The number of hydrogen-bond donors (Lipinski definition) is 1. The largest absolute Gasteiger partial charge is 1.00 e. The Bertz CT molecular complexity index is 2140. The number of ether oxygens (including phenoxy) is 4. The van der Waals surface area contributed by atoms with Crippen LogP contribution in [0.15, 0.2) is 79.0 Å². The van der Waals surface area contributed by atoms with Gasteiger partial charge >= 0.3 is 0 Å². The number of H-pyrrole nitrogens is 1. The molecule has 4 aromatic carbocycles. The minimum absolute atomic E-state index is 0. The highest BCUT2D eigenvalue weighted by Gasteiger charge is 2.33. The predicted molar refractivity (Wildman–Crippen MR) is 162 cm³/mol. The smallest absolute Gasteiger partial charge is 0.270 e. The van der Waals surface area contributed by atoms with Gasteiger partial charge in [-0.25, -0.2) is 0 Å². The van der Waals surface area contributed by atoms with Gasteiger partial charge in [0.15, 0.2) is 35.7 Å². The van der Waals surface area contributed by atoms with E-state index < -0.39 is 0 Å². The van der Waals surface area contributed by atoms with E-state index >= 15 is 0 Å². The summed E-state index contributed by atoms with van der Waals surface area (Å²) in [5.41, 5.74) is 8.23. The number of methoxy groups -OCH3 is 2. The summed E-state index contributed by atoms with van der Waals surface area (Å²) >= 11 is 0. The van der Waals surface area contributed by atoms with E-state index in [2.05, 4.69) is 46.1 Å². The van der Waals surface area contributed by atoms with Gasteiger partial charge in [-0.1, -0.05) is 18.2 Å². The maximum Gasteiger partial charge on any atom is 0.270 e. The molecule has 6 aromatic rings. The second-order valence-electron chi connectivity index (χ2n) is 10.7. The number of nitrogens with zero attached hydrogens (tertiary/aromatic N) is 2. The maximum atomic E-state index is 11.3. The highest BCUT2D eigenvalue weighted by atomic mass is 35.5. The van der Waals surface area contributed by atoms with Crippen LogP contribution in [0.25, 0.3) is 55.3 Å². The van der Waals surface area contributed by atoms with Crippen LogP contribution in [0.5, 0.6) is 23.0 Å². The Morgan fingerprint density at radius 3 is 2.52 bits per heavy atom. The molecule has 0 bridgehead atoms. The molecule has 0 spiro atoms. The first-order chi connectivity index (χ1) is 21.0. The number of nitrogens with one attached hydrogen (secondary N) is 1. The van der Waals surface area contributed by atoms with Crippen LogP contribution < -0.4 is 35.9 Å². The molecular weight excluding hydrogens is 582 g/mol. The lowest BCUT2D eigenvalue weighted by molar-refractivity contribution is -0.685. The van der Waals surface area contributed by atoms with E-state index in [9.17, 15) is 10.1 Å². The second kappa shape index (κ2) is 10.5. The molecule has 0 amide bonds. The Labute approximate surface area is 258 Å². The highest BCUT2D eigenvalue weighted by Crippen LogP contribution is 2.47. The van der Waals surface area contributed by atoms with E-state index in [-0.39, 0.29) is 29.8 Å². The molecule has 10 heteroatoms. The zero-order valence-electron chi connectivity index (χ0n) is 23.8. The fraction of sp³-hybridized carbons (Fsp3) is 0.147. The zero-order valence-corrected chi connectivity index (χ0v) is 24.6. The number of hydrogen-bond acceptors (Lipinski definition) is 6. The fourth-order valence-corrected chi connectivity index (χ4v) is 6.43. The van der Waals surface area contributed by atoms with Crippen molar-refractivity contribution < 1.29 is 40.8 Å². The summed E-state index contributed by atoms with van der Waals surface area (Å²) in [5, 5.41) is 14.1. The first-order valence-electron chi connectivity index (χ1n) is 13.9. The van der Waals surface area contributed by atoms with Crippen LogP contribution in [0.1, 0.15) is 5.56 Å². The van der Waals surface area contributed by atoms with Gasteiger partial charge in [0, 0.05) is 40.5 Å². The van der Waals surface area contributed by atoms with Crippen molar-refractivity contribution in [2.45, 2.75) is 13.0 Å². The molecule has 2 aromatic heterocycles. The predicted octanol–water partition coefficient (Wildman–Crippen LogP) is 3.82. The topological polar surface area (TPSA) is 99.7 Å². The molecule has 8 rings (SSSR count). The Hall–Kier alpha value is -5.28. The molecule has 0 unspecified atom stereocenters. The third-order valence-corrected chi connectivity index (χ3v) is 8.42. The van der Waals surface area contributed by atoms with Crippen LogP contribution in [-0.2, 0) is 13.0 Å². The van der Waals surface area contributed by atoms with Crippen molar-refractivity contribution in [2.75, 3.05) is 21.0 Å². The van der Waals surface area contributed by atoms with Crippen molar-refractivity contribution in [1.82, 2.24) is 4.98 Å². The van der Waals surface area contributed by atoms with Crippen molar-refractivity contribution in [3.05, 3.63) is 94.7 Å². The summed E-state index contributed by atoms with van der Waals surface area (Å²) < 4.78 is 25.3. The number of nitro groups is 1. The van der Waals surface area contributed by atoms with E-state index in [4.69, 9.17) is 18.9 Å². The zero-order chi connectivity index (χ0) is 29.2. The highest BCUT2D eigenvalue weighted by molar-refractivity contribution is 6.05. The number of pyridine rings is 1. The number of non-ortho nitro benzene ring substituents is 1. The average molecular weight is 608 g/mol. The van der Waals surface area contributed by atoms with Gasteiger partial charge < -0.3 is 36.3 Å². The summed E-state index contributed by atoms with van der Waals surface area (Å²) in [6.45, 7) is 1.00. The number of aromatic nitrogens is 2. The molecule has 0 aliphatic carbocycles. The third-order valence-electron chi connectivity index (χ3n) is 8.42. The summed E-state index contributed by atoms with van der Waals surface area (Å²) in [4.78, 5) is 14.4. The standard InChI is InChI=1S/C34H26N3O6.ClH/c1-40-29-9-7-24-26(34(29)41-2)17-36-11-10-19-15-30-31(43-18-42-30)16-25(19)33(36)32(24)21-5-3-4-20(12-21)28-14-22-13-23(37(38)39)6-8-27(22)35-28;/h3-9,12-17,35H,10-11,18H2,1-2H3;1H/q+1;/p-1. The van der Waals surface area contributed by atoms with Gasteiger partial charge in [0.2, 0.25) is 12.5 Å². The number of fused-ring (bicyclic) bond motifs is 6. The normalized spacial score (nSPS) is 12.9. The van der Waals surface area contributed by atoms with Crippen molar-refractivity contribution in [3.63, 3.8) is 0 Å². The lowest BCUT2D eigenvalue weighted by Gasteiger charge is -2.21. The summed E-state index contributed by atoms with van der Waals surface area (Å²) in [5.74, 6) is 2.87. The van der Waals surface area contributed by atoms with Gasteiger partial charge in [-0.05, 0) is 59.2 Å². The lowest BCUT2D eigenvalue weighted by Crippen LogP contribution is -3.00. The van der Waals surface area contributed by atoms with Crippen LogP contribution in [0.3, 0.4) is 0 Å². The van der Waals surface area contributed by atoms with Crippen molar-refractivity contribution in [2.24, 2.45) is 0 Å². The minimum Gasteiger partial charge on any atom is -1.00 e. The Kier molecular flexibility index (Phi) is 6.55. The summed E-state index contributed by atoms with van der Waals surface area (Å²) in [6.07, 6.45) is 3.00. The van der Waals surface area contributed by atoms with Crippen LogP contribution >= 0.6 is 0 Å². The second-order valence-corrected chi connectivity index (χ2v) is 10.7. The molecule has 4 heterocycles.